The van der Waals surface area contributed by atoms with Crippen molar-refractivity contribution in [3.63, 3.8) is 0 Å². The summed E-state index contributed by atoms with van der Waals surface area (Å²) in [4.78, 5) is 29.9. The Hall–Kier alpha value is -1.54. The van der Waals surface area contributed by atoms with Gasteiger partial charge in [-0.2, -0.15) is 0 Å². The highest BCUT2D eigenvalue weighted by atomic mass is 35.6. The predicted octanol–water partition coefficient (Wildman–Crippen LogP) is 4.25. The third-order valence-corrected chi connectivity index (χ3v) is 4.90. The number of rotatable bonds is 4. The van der Waals surface area contributed by atoms with Crippen LogP contribution in [-0.2, 0) is 9.59 Å². The van der Waals surface area contributed by atoms with Gasteiger partial charge in [0, 0.05) is 17.5 Å². The smallest absolute Gasteiger partial charge is 0.278 e. The van der Waals surface area contributed by atoms with Crippen molar-refractivity contribution >= 4 is 68.8 Å². The third-order valence-electron chi connectivity index (χ3n) is 3.63. The Kier molecular flexibility index (Phi) is 5.62. The molecule has 1 aliphatic heterocycles. The Morgan fingerprint density at radius 1 is 1.42 bits per heavy atom. The molecular formula is C16H14Cl3N3O3S. The molecule has 0 saturated carbocycles. The summed E-state index contributed by atoms with van der Waals surface area (Å²) in [6, 6.07) is 5.49. The van der Waals surface area contributed by atoms with Gasteiger partial charge in [0.2, 0.25) is 0 Å². The molecule has 0 unspecified atom stereocenters. The van der Waals surface area contributed by atoms with Crippen LogP contribution in [0.25, 0.3) is 11.3 Å². The number of carbonyl (C=O) groups excluding carboxylic acids is 2. The van der Waals surface area contributed by atoms with Gasteiger partial charge in [-0.1, -0.05) is 41.7 Å². The first-order chi connectivity index (χ1) is 12.3. The lowest BCUT2D eigenvalue weighted by Crippen LogP contribution is -2.39. The van der Waals surface area contributed by atoms with Gasteiger partial charge in [-0.15, -0.1) is 11.3 Å². The first-order valence-corrected chi connectivity index (χ1v) is 9.72. The first kappa shape index (κ1) is 19.2. The summed E-state index contributed by atoms with van der Waals surface area (Å²) in [5.74, 6) is -0.200. The van der Waals surface area contributed by atoms with Crippen LogP contribution < -0.4 is 15.0 Å². The number of ether oxygens (including phenoxy) is 1. The molecule has 0 aliphatic carbocycles. The average Bonchev–Trinajstić information content (AvgIpc) is 3.05. The van der Waals surface area contributed by atoms with E-state index in [1.165, 1.54) is 11.3 Å². The van der Waals surface area contributed by atoms with E-state index in [4.69, 9.17) is 39.5 Å². The maximum absolute atomic E-state index is 12.1. The molecule has 1 aliphatic rings. The number of carbonyl (C=O) groups is 2. The monoisotopic (exact) mass is 433 g/mol. The number of aromatic nitrogens is 1. The summed E-state index contributed by atoms with van der Waals surface area (Å²) in [6.07, 6.45) is 0.833. The second-order valence-electron chi connectivity index (χ2n) is 5.51. The van der Waals surface area contributed by atoms with E-state index in [1.807, 2.05) is 19.1 Å². The van der Waals surface area contributed by atoms with Gasteiger partial charge in [0.15, 0.2) is 11.7 Å². The summed E-state index contributed by atoms with van der Waals surface area (Å²) in [5, 5.41) is 4.53. The summed E-state index contributed by atoms with van der Waals surface area (Å²) in [7, 11) is 0. The Labute approximate surface area is 169 Å². The van der Waals surface area contributed by atoms with Crippen molar-refractivity contribution < 1.29 is 14.3 Å². The SMILES string of the molecule is CCCN1C(=O)COc2ccc(-c3csc(NC(=O)C(Cl)(Cl)Cl)n3)cc21. The van der Waals surface area contributed by atoms with Crippen molar-refractivity contribution in [2.24, 2.45) is 0 Å². The molecule has 0 fully saturated rings. The second-order valence-corrected chi connectivity index (χ2v) is 8.65. The van der Waals surface area contributed by atoms with Gasteiger partial charge < -0.3 is 9.64 Å². The Morgan fingerprint density at radius 3 is 2.88 bits per heavy atom. The van der Waals surface area contributed by atoms with Crippen LogP contribution in [0.1, 0.15) is 13.3 Å². The molecule has 2 amide bonds. The molecule has 10 heteroatoms. The van der Waals surface area contributed by atoms with E-state index in [0.717, 1.165) is 12.0 Å². The number of nitrogens with zero attached hydrogens (tertiary/aromatic N) is 2. The van der Waals surface area contributed by atoms with Crippen LogP contribution in [0.4, 0.5) is 10.8 Å². The van der Waals surface area contributed by atoms with Crippen LogP contribution in [-0.4, -0.2) is 33.7 Å². The molecule has 26 heavy (non-hydrogen) atoms. The van der Waals surface area contributed by atoms with Crippen molar-refractivity contribution in [3.8, 4) is 17.0 Å². The van der Waals surface area contributed by atoms with E-state index < -0.39 is 9.70 Å². The highest BCUT2D eigenvalue weighted by Gasteiger charge is 2.31. The molecule has 6 nitrogen and oxygen atoms in total. The largest absolute Gasteiger partial charge is 0.482 e. The quantitative estimate of drug-likeness (QED) is 0.730. The van der Waals surface area contributed by atoms with Gasteiger partial charge in [0.25, 0.3) is 15.6 Å². The van der Waals surface area contributed by atoms with E-state index >= 15 is 0 Å². The number of fused-ring (bicyclic) bond motifs is 1. The molecule has 1 aromatic carbocycles. The van der Waals surface area contributed by atoms with E-state index in [-0.39, 0.29) is 12.5 Å². The molecule has 0 saturated heterocycles. The van der Waals surface area contributed by atoms with Crippen LogP contribution >= 0.6 is 46.1 Å². The maximum atomic E-state index is 12.1. The fourth-order valence-corrected chi connectivity index (χ4v) is 3.32. The van der Waals surface area contributed by atoms with E-state index in [0.29, 0.717) is 28.8 Å². The van der Waals surface area contributed by atoms with Crippen LogP contribution in [0.3, 0.4) is 0 Å². The van der Waals surface area contributed by atoms with E-state index in [9.17, 15) is 9.59 Å². The minimum atomic E-state index is -2.06. The number of thiazole rings is 1. The average molecular weight is 435 g/mol. The number of hydrogen-bond acceptors (Lipinski definition) is 5. The summed E-state index contributed by atoms with van der Waals surface area (Å²) >= 11 is 17.8. The Balaban J connectivity index is 1.87. The summed E-state index contributed by atoms with van der Waals surface area (Å²) in [6.45, 7) is 2.66. The van der Waals surface area contributed by atoms with Crippen LogP contribution in [0, 0.1) is 0 Å². The van der Waals surface area contributed by atoms with Crippen molar-refractivity contribution in [3.05, 3.63) is 23.6 Å². The minimum Gasteiger partial charge on any atom is -0.482 e. The van der Waals surface area contributed by atoms with Crippen LogP contribution in [0.2, 0.25) is 0 Å². The van der Waals surface area contributed by atoms with Gasteiger partial charge in [-0.25, -0.2) is 4.98 Å². The zero-order valence-corrected chi connectivity index (χ0v) is 16.7. The van der Waals surface area contributed by atoms with Crippen LogP contribution in [0.5, 0.6) is 5.75 Å². The predicted molar refractivity (Wildman–Crippen MR) is 105 cm³/mol. The van der Waals surface area contributed by atoms with Gasteiger partial charge in [-0.3, -0.25) is 14.9 Å². The lowest BCUT2D eigenvalue weighted by molar-refractivity contribution is -0.121. The van der Waals surface area contributed by atoms with Crippen molar-refractivity contribution in [1.29, 1.82) is 0 Å². The molecule has 1 N–H and O–H groups in total. The molecule has 3 rings (SSSR count). The topological polar surface area (TPSA) is 71.5 Å². The molecule has 2 heterocycles. The normalized spacial score (nSPS) is 14.0. The van der Waals surface area contributed by atoms with Crippen molar-refractivity contribution in [2.45, 2.75) is 17.1 Å². The van der Waals surface area contributed by atoms with E-state index in [2.05, 4.69) is 10.3 Å². The molecular weight excluding hydrogens is 421 g/mol. The number of halogens is 3. The molecule has 0 spiro atoms. The van der Waals surface area contributed by atoms with E-state index in [1.54, 1.807) is 16.3 Å². The highest BCUT2D eigenvalue weighted by Crippen LogP contribution is 2.37. The minimum absolute atomic E-state index is 0.0380. The molecule has 0 radical (unpaired) electrons. The Bertz CT molecular complexity index is 851. The van der Waals surface area contributed by atoms with Gasteiger partial charge in [0.05, 0.1) is 11.4 Å². The summed E-state index contributed by atoms with van der Waals surface area (Å²) in [5.41, 5.74) is 2.13. The lowest BCUT2D eigenvalue weighted by atomic mass is 10.1. The number of amides is 2. The second kappa shape index (κ2) is 7.60. The summed E-state index contributed by atoms with van der Waals surface area (Å²) < 4.78 is 3.43. The highest BCUT2D eigenvalue weighted by molar-refractivity contribution is 7.14. The van der Waals surface area contributed by atoms with Crippen molar-refractivity contribution in [1.82, 2.24) is 4.98 Å². The number of hydrogen-bond donors (Lipinski definition) is 1. The third kappa shape index (κ3) is 4.06. The van der Waals surface area contributed by atoms with Gasteiger partial charge in [-0.05, 0) is 24.6 Å². The maximum Gasteiger partial charge on any atom is 0.278 e. The fraction of sp³-hybridized carbons (Fsp3) is 0.312. The molecule has 0 atom stereocenters. The van der Waals surface area contributed by atoms with Gasteiger partial charge >= 0.3 is 0 Å². The Morgan fingerprint density at radius 2 is 2.19 bits per heavy atom. The molecule has 2 aromatic rings. The first-order valence-electron chi connectivity index (χ1n) is 7.71. The van der Waals surface area contributed by atoms with Crippen LogP contribution in [0.15, 0.2) is 23.6 Å². The zero-order chi connectivity index (χ0) is 18.9. The van der Waals surface area contributed by atoms with Gasteiger partial charge in [0.1, 0.15) is 5.75 Å². The fourth-order valence-electron chi connectivity index (χ4n) is 2.46. The zero-order valence-electron chi connectivity index (χ0n) is 13.6. The number of benzene rings is 1. The molecule has 138 valence electrons. The standard InChI is InChI=1S/C16H14Cl3N3O3S/c1-2-5-22-11-6-9(3-4-12(11)25-7-13(22)23)10-8-26-15(20-10)21-14(24)16(17,18)19/h3-4,6,8H,2,5,7H2,1H3,(H,20,21,24). The lowest BCUT2D eigenvalue weighted by Gasteiger charge is -2.29. The number of nitrogens with one attached hydrogen (secondary N) is 1. The molecule has 1 aromatic heterocycles. The number of anilines is 2. The number of alkyl halides is 3. The molecule has 0 bridgehead atoms. The van der Waals surface area contributed by atoms with Crippen molar-refractivity contribution in [2.75, 3.05) is 23.4 Å².